The van der Waals surface area contributed by atoms with Crippen LogP contribution in [0.1, 0.15) is 0 Å². The lowest BCUT2D eigenvalue weighted by Gasteiger charge is -2.26. The highest BCUT2D eigenvalue weighted by Crippen LogP contribution is 2.16. The molecule has 0 bridgehead atoms. The van der Waals surface area contributed by atoms with Crippen molar-refractivity contribution in [2.75, 3.05) is 39.3 Å². The third-order valence-electron chi connectivity index (χ3n) is 7.84. The molecule has 39 heavy (non-hydrogen) atoms. The molecule has 7 rings (SSSR count). The summed E-state index contributed by atoms with van der Waals surface area (Å²) in [6.07, 6.45) is 5.92. The Morgan fingerprint density at radius 1 is 0.410 bits per heavy atom. The standard InChI is InChI=1S/C30H33N9/c1-4-10-28-25(7-1)31-19-37(28)22-34-13-15-35(23-38-20-32-26-8-2-5-11-29(26)38)17-18-36(16-14-34)24-39-21-33-27-9-3-6-12-30(27)39/h1-12,19-21H,13-18,22-24H2. The average molecular weight is 520 g/mol. The predicted molar refractivity (Wildman–Crippen MR) is 154 cm³/mol. The molecule has 0 saturated carbocycles. The zero-order valence-electron chi connectivity index (χ0n) is 22.0. The van der Waals surface area contributed by atoms with Crippen LogP contribution < -0.4 is 0 Å². The first-order valence-corrected chi connectivity index (χ1v) is 13.7. The van der Waals surface area contributed by atoms with E-state index >= 15 is 0 Å². The quantitative estimate of drug-likeness (QED) is 0.332. The summed E-state index contributed by atoms with van der Waals surface area (Å²) in [6, 6.07) is 25.1. The van der Waals surface area contributed by atoms with Crippen molar-refractivity contribution in [2.45, 2.75) is 20.0 Å². The van der Waals surface area contributed by atoms with Crippen LogP contribution >= 0.6 is 0 Å². The number of rotatable bonds is 6. The Morgan fingerprint density at radius 2 is 0.692 bits per heavy atom. The maximum absolute atomic E-state index is 4.63. The molecule has 1 saturated heterocycles. The number of para-hydroxylation sites is 6. The van der Waals surface area contributed by atoms with Crippen LogP contribution in [0.15, 0.2) is 91.8 Å². The molecule has 4 heterocycles. The summed E-state index contributed by atoms with van der Waals surface area (Å²) in [5.41, 5.74) is 6.68. The van der Waals surface area contributed by atoms with Gasteiger partial charge < -0.3 is 13.7 Å². The van der Waals surface area contributed by atoms with Crippen LogP contribution in [0.5, 0.6) is 0 Å². The molecule has 9 heteroatoms. The van der Waals surface area contributed by atoms with E-state index in [2.05, 4.69) is 116 Å². The number of nitrogens with zero attached hydrogens (tertiary/aromatic N) is 9. The van der Waals surface area contributed by atoms with Gasteiger partial charge in [-0.15, -0.1) is 0 Å². The second kappa shape index (κ2) is 10.6. The predicted octanol–water partition coefficient (Wildman–Crippen LogP) is 3.93. The fourth-order valence-electron chi connectivity index (χ4n) is 5.62. The molecule has 9 nitrogen and oxygen atoms in total. The lowest BCUT2D eigenvalue weighted by atomic mass is 10.3. The van der Waals surface area contributed by atoms with Crippen LogP contribution in [0.4, 0.5) is 0 Å². The third-order valence-corrected chi connectivity index (χ3v) is 7.84. The molecule has 198 valence electrons. The largest absolute Gasteiger partial charge is 0.317 e. The van der Waals surface area contributed by atoms with Crippen LogP contribution in [0.25, 0.3) is 33.1 Å². The van der Waals surface area contributed by atoms with E-state index in [0.717, 1.165) is 75.8 Å². The number of fused-ring (bicyclic) bond motifs is 3. The molecule has 1 aliphatic heterocycles. The van der Waals surface area contributed by atoms with Crippen molar-refractivity contribution >= 4 is 33.1 Å². The molecule has 0 spiro atoms. The van der Waals surface area contributed by atoms with Crippen LogP contribution in [0.2, 0.25) is 0 Å². The second-order valence-corrected chi connectivity index (χ2v) is 10.4. The van der Waals surface area contributed by atoms with Gasteiger partial charge in [-0.1, -0.05) is 36.4 Å². The van der Waals surface area contributed by atoms with E-state index in [1.807, 2.05) is 19.0 Å². The Labute approximate surface area is 227 Å². The van der Waals surface area contributed by atoms with Crippen molar-refractivity contribution < 1.29 is 0 Å². The Hall–Kier alpha value is -4.05. The normalized spacial score (nSPS) is 16.6. The van der Waals surface area contributed by atoms with E-state index in [1.54, 1.807) is 0 Å². The van der Waals surface area contributed by atoms with Gasteiger partial charge in [0, 0.05) is 39.3 Å². The molecule has 3 aromatic heterocycles. The Balaban J connectivity index is 1.13. The SMILES string of the molecule is c1ccc2c(c1)ncn2CN1CCN(Cn2cnc3ccccc32)CCN(Cn2cnc3ccccc32)CC1. The molecule has 0 radical (unpaired) electrons. The van der Waals surface area contributed by atoms with Gasteiger partial charge in [-0.3, -0.25) is 14.7 Å². The Bertz CT molecular complexity index is 1480. The minimum Gasteiger partial charge on any atom is -0.317 e. The third kappa shape index (κ3) is 5.04. The molecule has 0 amide bonds. The summed E-state index contributed by atoms with van der Waals surface area (Å²) >= 11 is 0. The van der Waals surface area contributed by atoms with Crippen molar-refractivity contribution in [3.63, 3.8) is 0 Å². The van der Waals surface area contributed by atoms with Gasteiger partial charge in [0.15, 0.2) is 0 Å². The first kappa shape index (κ1) is 24.0. The minimum absolute atomic E-state index is 0.824. The van der Waals surface area contributed by atoms with E-state index in [4.69, 9.17) is 0 Å². The molecule has 0 aliphatic carbocycles. The van der Waals surface area contributed by atoms with Gasteiger partial charge in [-0.25, -0.2) is 15.0 Å². The van der Waals surface area contributed by atoms with Crippen molar-refractivity contribution in [3.8, 4) is 0 Å². The van der Waals surface area contributed by atoms with Crippen LogP contribution in [-0.2, 0) is 20.0 Å². The summed E-state index contributed by atoms with van der Waals surface area (Å²) in [5, 5.41) is 0. The van der Waals surface area contributed by atoms with E-state index in [1.165, 1.54) is 16.6 Å². The van der Waals surface area contributed by atoms with Gasteiger partial charge in [-0.2, -0.15) is 0 Å². The average Bonchev–Trinajstić information content (AvgIpc) is 3.70. The highest BCUT2D eigenvalue weighted by Gasteiger charge is 2.19. The van der Waals surface area contributed by atoms with Gasteiger partial charge in [0.25, 0.3) is 0 Å². The topological polar surface area (TPSA) is 63.2 Å². The van der Waals surface area contributed by atoms with Crippen molar-refractivity contribution in [1.82, 2.24) is 43.4 Å². The van der Waals surface area contributed by atoms with Gasteiger partial charge in [0.05, 0.1) is 72.1 Å². The van der Waals surface area contributed by atoms with Gasteiger partial charge in [-0.05, 0) is 36.4 Å². The zero-order valence-corrected chi connectivity index (χ0v) is 22.0. The first-order chi connectivity index (χ1) is 19.3. The van der Waals surface area contributed by atoms with Crippen molar-refractivity contribution in [2.24, 2.45) is 0 Å². The van der Waals surface area contributed by atoms with Gasteiger partial charge in [0.1, 0.15) is 0 Å². The first-order valence-electron chi connectivity index (χ1n) is 13.7. The fourth-order valence-corrected chi connectivity index (χ4v) is 5.62. The molecule has 6 aromatic rings. The molecule has 1 aliphatic rings. The summed E-state index contributed by atoms with van der Waals surface area (Å²) in [7, 11) is 0. The molecular formula is C30H33N9. The summed E-state index contributed by atoms with van der Waals surface area (Å²) in [4.78, 5) is 21.5. The van der Waals surface area contributed by atoms with Crippen LogP contribution in [-0.4, -0.2) is 82.6 Å². The molecular weight excluding hydrogens is 486 g/mol. The number of imidazole rings is 3. The molecule has 0 unspecified atom stereocenters. The molecule has 3 aromatic carbocycles. The Kier molecular flexibility index (Phi) is 6.53. The van der Waals surface area contributed by atoms with E-state index in [9.17, 15) is 0 Å². The lowest BCUT2D eigenvalue weighted by Crippen LogP contribution is -2.37. The highest BCUT2D eigenvalue weighted by atomic mass is 15.4. The fraction of sp³-hybridized carbons (Fsp3) is 0.300. The van der Waals surface area contributed by atoms with E-state index in [-0.39, 0.29) is 0 Å². The van der Waals surface area contributed by atoms with Gasteiger partial charge >= 0.3 is 0 Å². The maximum Gasteiger partial charge on any atom is 0.0969 e. The smallest absolute Gasteiger partial charge is 0.0969 e. The van der Waals surface area contributed by atoms with Crippen molar-refractivity contribution in [3.05, 3.63) is 91.8 Å². The lowest BCUT2D eigenvalue weighted by molar-refractivity contribution is 0.169. The van der Waals surface area contributed by atoms with Crippen LogP contribution in [0.3, 0.4) is 0 Å². The van der Waals surface area contributed by atoms with Gasteiger partial charge in [0.2, 0.25) is 0 Å². The summed E-state index contributed by atoms with van der Waals surface area (Å²) < 4.78 is 6.82. The highest BCUT2D eigenvalue weighted by molar-refractivity contribution is 5.76. The number of aromatic nitrogens is 6. The summed E-state index contributed by atoms with van der Waals surface area (Å²) in [5.74, 6) is 0. The second-order valence-electron chi connectivity index (χ2n) is 10.4. The monoisotopic (exact) mass is 519 g/mol. The number of benzene rings is 3. The summed E-state index contributed by atoms with van der Waals surface area (Å²) in [6.45, 7) is 8.39. The van der Waals surface area contributed by atoms with Crippen molar-refractivity contribution in [1.29, 1.82) is 0 Å². The van der Waals surface area contributed by atoms with Crippen LogP contribution in [0, 0.1) is 0 Å². The molecule has 0 N–H and O–H groups in total. The van der Waals surface area contributed by atoms with E-state index < -0.39 is 0 Å². The van der Waals surface area contributed by atoms with E-state index in [0.29, 0.717) is 0 Å². The number of hydrogen-bond acceptors (Lipinski definition) is 6. The zero-order chi connectivity index (χ0) is 26.0. The minimum atomic E-state index is 0.824. The molecule has 0 atom stereocenters. The Morgan fingerprint density at radius 3 is 1.00 bits per heavy atom. The number of hydrogen-bond donors (Lipinski definition) is 0. The molecule has 1 fully saturated rings. The maximum atomic E-state index is 4.63.